The molecule has 4 saturated heterocycles. The highest BCUT2D eigenvalue weighted by Crippen LogP contribution is 2.47. The second-order valence-corrected chi connectivity index (χ2v) is 38.4. The van der Waals surface area contributed by atoms with Crippen LogP contribution in [-0.4, -0.2) is 255 Å². The fourth-order valence-electron chi connectivity index (χ4n) is 17.2. The molecule has 3 aromatic carbocycles. The third kappa shape index (κ3) is 28.6. The number of aromatic nitrogens is 4. The number of nitrogens with two attached hydrogens (primary N) is 2. The van der Waals surface area contributed by atoms with Gasteiger partial charge in [0.1, 0.15) is 71.6 Å². The van der Waals surface area contributed by atoms with Gasteiger partial charge in [-0.25, -0.2) is 14.4 Å². The van der Waals surface area contributed by atoms with E-state index in [1.165, 1.54) is 0 Å². The maximum Gasteiger partial charge on any atom is 0.407 e. The van der Waals surface area contributed by atoms with Crippen LogP contribution in [0.2, 0.25) is 15.5 Å². The van der Waals surface area contributed by atoms with E-state index < -0.39 is 77.8 Å². The lowest BCUT2D eigenvalue weighted by molar-refractivity contribution is -0.160. The second-order valence-electron chi connectivity index (χ2n) is 35.2. The molecule has 33 nitrogen and oxygen atoms in total. The fraction of sp³-hybridized carbons (Fsp3) is 0.667. The van der Waals surface area contributed by atoms with Gasteiger partial charge in [-0.15, -0.1) is 0 Å². The van der Waals surface area contributed by atoms with Crippen molar-refractivity contribution in [2.75, 3.05) is 63.1 Å². The molecule has 0 unspecified atom stereocenters. The first-order valence-corrected chi connectivity index (χ1v) is 45.9. The number of nitrogens with one attached hydrogen (secondary N) is 4. The second kappa shape index (κ2) is 46.7. The number of aliphatic hydroxyl groups excluding tert-OH is 7. The van der Waals surface area contributed by atoms with E-state index in [9.17, 15) is 29.7 Å². The smallest absolute Gasteiger partial charge is 0.407 e. The monoisotopic (exact) mass is 2040 g/mol. The summed E-state index contributed by atoms with van der Waals surface area (Å²) in [6.07, 6.45) is 2.20. The first-order chi connectivity index (χ1) is 59.0. The molecule has 6 heterocycles. The molecule has 0 radical (unpaired) electrons. The summed E-state index contributed by atoms with van der Waals surface area (Å²) in [6.45, 7) is 22.2. The summed E-state index contributed by atoms with van der Waals surface area (Å²) in [4.78, 5) is 56.3. The first-order valence-electron chi connectivity index (χ1n) is 42.6. The Labute approximate surface area is 775 Å². The van der Waals surface area contributed by atoms with Gasteiger partial charge in [-0.2, -0.15) is 19.9 Å². The zero-order valence-corrected chi connectivity index (χ0v) is 80.3. The number of hydrogen-bond donors (Lipinski definition) is 13. The van der Waals surface area contributed by atoms with Gasteiger partial charge in [-0.3, -0.25) is 0 Å². The summed E-state index contributed by atoms with van der Waals surface area (Å²) < 4.78 is 64.7. The lowest BCUT2D eigenvalue weighted by Gasteiger charge is -2.24. The third-order valence-corrected chi connectivity index (χ3v) is 27.3. The Morgan fingerprint density at radius 2 is 0.704 bits per heavy atom. The van der Waals surface area contributed by atoms with E-state index in [1.807, 2.05) is 202 Å². The highest BCUT2D eigenvalue weighted by atomic mass is 127. The van der Waals surface area contributed by atoms with Crippen LogP contribution in [0.25, 0.3) is 0 Å². The Morgan fingerprint density at radius 3 is 1.06 bits per heavy atom. The van der Waals surface area contributed by atoms with Crippen LogP contribution in [-0.2, 0) is 71.9 Å². The molecular formula is C87H129Cl3I2N12O21. The lowest BCUT2D eigenvalue weighted by atomic mass is 10.0. The predicted molar refractivity (Wildman–Crippen MR) is 487 cm³/mol. The predicted octanol–water partition coefficient (Wildman–Crippen LogP) is 10.4. The standard InChI is InChI=1S/C18H25NO4.C17H23NO5.C16H24ClIN4O2.C14H19NO5.C10H19NO2.C6H6Cl2IN3.C6H13NO3/c1-4-13-10-14(16-15(13)22-18(2,3)23-16)19-17(20)21-11-12-8-6-5-7-9-12;1-17(2)22-14-12(9-19)8-13(15(14)23-17)18-16(20)21-10-11-6-4-3-5-7-11;1-6-8-7-9(12-11(8)23-16(2,3)24-12)19-14-10(18)13(17)20-15(21-14)22(4)5;16-7-10-6-11(13(18)12(10)17)15-14(19)20-8-9-4-2-1-3-5-9;1-4-6-5-7(11)9-8(6)12-10(2,3)13-9;1-12(2)6-10-4(7)3(9)5(8)11-6;7-4-1-3(2-8)5(9)6(4)10/h5-9,13-16H,4,10-11H2,1-3H3,(H,19,20);3-7,12-15,19H,8-10H2,1-2H3,(H,18,20);8-9,11-12H,6-7H2,1-5H3,(H,19,20,21);1-5,10-13,16-18H,6-8H2,(H,15,19);6-9H,4-5,11H2,1-3H3;1-2H3;3-6,8-10H,1-2,7H2/t13-,14+,15+,16-;12-,13-,14-,15+;8-,9+,11+,12-;10-,11-,12-,13+;6-,7+,8+,9-;;3-,4-,5-,6+/m01010.1/s1. The van der Waals surface area contributed by atoms with Gasteiger partial charge in [0.2, 0.25) is 11.9 Å². The van der Waals surface area contributed by atoms with Gasteiger partial charge in [0, 0.05) is 77.8 Å². The molecule has 10 fully saturated rings. The van der Waals surface area contributed by atoms with Crippen molar-refractivity contribution < 1.29 is 102 Å². The molecule has 698 valence electrons. The number of hydrogen-bond acceptors (Lipinski definition) is 30. The molecule has 3 amide bonds. The van der Waals surface area contributed by atoms with Gasteiger partial charge < -0.3 is 130 Å². The van der Waals surface area contributed by atoms with Crippen molar-refractivity contribution in [3.63, 3.8) is 0 Å². The Kier molecular flexibility index (Phi) is 38.6. The lowest BCUT2D eigenvalue weighted by Crippen LogP contribution is -2.43. The van der Waals surface area contributed by atoms with Crippen LogP contribution >= 0.6 is 80.0 Å². The molecule has 4 aliphatic heterocycles. The number of anilines is 3. The molecule has 10 aliphatic rings. The third-order valence-electron chi connectivity index (χ3n) is 23.5. The van der Waals surface area contributed by atoms with Crippen LogP contribution in [0, 0.1) is 42.6 Å². The number of alkyl carbamates (subject to hydrolysis) is 3. The Morgan fingerprint density at radius 1 is 0.408 bits per heavy atom. The minimum Gasteiger partial charge on any atom is -0.445 e. The zero-order chi connectivity index (χ0) is 91.7. The van der Waals surface area contributed by atoms with Crippen LogP contribution in [0.5, 0.6) is 0 Å². The molecule has 6 aliphatic carbocycles. The maximum absolute atomic E-state index is 12.1. The maximum atomic E-state index is 12.1. The van der Waals surface area contributed by atoms with Gasteiger partial charge in [-0.1, -0.05) is 166 Å². The number of carbonyl (C=O) groups is 3. The highest BCUT2D eigenvalue weighted by Gasteiger charge is 2.58. The largest absolute Gasteiger partial charge is 0.445 e. The molecule has 15 N–H and O–H groups in total. The van der Waals surface area contributed by atoms with Gasteiger partial charge in [0.15, 0.2) is 23.1 Å². The molecule has 5 aromatic rings. The Balaban J connectivity index is 0.000000168. The van der Waals surface area contributed by atoms with Crippen LogP contribution < -0.4 is 42.5 Å². The molecule has 24 atom stereocenters. The summed E-state index contributed by atoms with van der Waals surface area (Å²) >= 11 is 22.1. The van der Waals surface area contributed by atoms with Gasteiger partial charge in [-0.05, 0) is 174 Å². The molecule has 2 aromatic heterocycles. The summed E-state index contributed by atoms with van der Waals surface area (Å²) in [7, 11) is 7.46. The molecule has 0 spiro atoms. The van der Waals surface area contributed by atoms with Gasteiger partial charge >= 0.3 is 18.3 Å². The number of rotatable bonds is 19. The number of amides is 3. The van der Waals surface area contributed by atoms with Crippen LogP contribution in [0.1, 0.15) is 151 Å². The normalized spacial score (nSPS) is 32.1. The number of fused-ring (bicyclic) bond motifs is 4. The van der Waals surface area contributed by atoms with E-state index in [0.717, 1.165) is 64.6 Å². The first kappa shape index (κ1) is 103. The zero-order valence-electron chi connectivity index (χ0n) is 73.7. The number of ether oxygens (including phenoxy) is 11. The van der Waals surface area contributed by atoms with Crippen molar-refractivity contribution in [3.8, 4) is 0 Å². The van der Waals surface area contributed by atoms with Crippen molar-refractivity contribution in [1.82, 2.24) is 35.9 Å². The number of carbonyl (C=O) groups excluding carboxylic acids is 3. The van der Waals surface area contributed by atoms with Crippen molar-refractivity contribution in [3.05, 3.63) is 130 Å². The minimum atomic E-state index is -1.09. The van der Waals surface area contributed by atoms with Crippen molar-refractivity contribution in [2.24, 2.45) is 47.0 Å². The van der Waals surface area contributed by atoms with E-state index >= 15 is 0 Å². The van der Waals surface area contributed by atoms with Crippen LogP contribution in [0.3, 0.4) is 0 Å². The summed E-state index contributed by atoms with van der Waals surface area (Å²) in [5.74, 6) is 0.381. The number of nitrogens with zero attached hydrogens (tertiary/aromatic N) is 6. The van der Waals surface area contributed by atoms with Gasteiger partial charge in [0.25, 0.3) is 0 Å². The van der Waals surface area contributed by atoms with Crippen molar-refractivity contribution >= 4 is 116 Å². The molecule has 0 bridgehead atoms. The van der Waals surface area contributed by atoms with E-state index in [4.69, 9.17) is 119 Å². The molecule has 15 rings (SSSR count). The van der Waals surface area contributed by atoms with Crippen LogP contribution in [0.4, 0.5) is 32.1 Å². The molecular weight excluding hydrogens is 1910 g/mol. The SMILES string of the molecule is CC1(C)O[C@@H]2[C@@H](CO)C[C@@H](NC(=O)OCc3ccccc3)[C@@H]2O1.CC[C@H]1C[C@@H](N)[C@@H]2OC(C)(C)O[C@H]12.CC[C@H]1C[C@@H](NC(=O)OCc2ccccc2)[C@@H]2OC(C)(C)O[C@H]12.CC[C@H]1C[C@@H](Nc2nc(N(C)C)nc(Cl)c2I)[C@@H]2OC(C)(C)O[C@H]12.CN(C)c1nc(Cl)c(I)c(Cl)n1.N[C@@H]1C[C@H](CO)[C@@H](O)[C@H]1O.O=C(N[C@@H]1C[C@H](CO)[C@@H](O)[C@H]1O)OCc1ccccc1. The van der Waals surface area contributed by atoms with E-state index in [1.54, 1.807) is 4.90 Å². The Hall–Kier alpha value is -5.32. The van der Waals surface area contributed by atoms with E-state index in [-0.39, 0.29) is 131 Å². The minimum absolute atomic E-state index is 0.0118. The quantitative estimate of drug-likeness (QED) is 0.0207. The highest BCUT2D eigenvalue weighted by molar-refractivity contribution is 14.1. The van der Waals surface area contributed by atoms with Crippen molar-refractivity contribution in [1.29, 1.82) is 0 Å². The van der Waals surface area contributed by atoms with Crippen molar-refractivity contribution in [2.45, 2.75) is 286 Å². The average molecular weight is 2040 g/mol. The number of aliphatic hydroxyl groups is 7. The van der Waals surface area contributed by atoms with E-state index in [2.05, 4.69) is 84.6 Å². The summed E-state index contributed by atoms with van der Waals surface area (Å²) in [5, 5.41) is 77.9. The topological polar surface area (TPSA) is 453 Å². The number of halogens is 5. The van der Waals surface area contributed by atoms with Gasteiger partial charge in [0.05, 0.1) is 74.0 Å². The molecule has 6 saturated carbocycles. The average Bonchev–Trinajstić information content (AvgIpc) is 1.63. The fourth-order valence-corrected chi connectivity index (χ4v) is 18.4. The summed E-state index contributed by atoms with van der Waals surface area (Å²) in [6, 6.07) is 27.4. The number of benzene rings is 3. The molecule has 38 heteroatoms. The van der Waals surface area contributed by atoms with Crippen LogP contribution in [0.15, 0.2) is 91.0 Å². The molecule has 125 heavy (non-hydrogen) atoms. The summed E-state index contributed by atoms with van der Waals surface area (Å²) in [5.41, 5.74) is 14.2. The Bertz CT molecular complexity index is 4090. The van der Waals surface area contributed by atoms with E-state index in [0.29, 0.717) is 67.9 Å².